The van der Waals surface area contributed by atoms with Crippen molar-refractivity contribution in [3.63, 3.8) is 0 Å². The minimum Gasteiger partial charge on any atom is -0.496 e. The molecule has 0 radical (unpaired) electrons. The van der Waals surface area contributed by atoms with Crippen LogP contribution in [0.4, 0.5) is 10.1 Å². The maximum Gasteiger partial charge on any atom is 0.279 e. The normalized spacial score (nSPS) is 11.9. The molecule has 0 saturated carbocycles. The molecule has 0 aromatic heterocycles. The molecular formula is C18H21ClFN2O2+. The molecule has 24 heavy (non-hydrogen) atoms. The van der Waals surface area contributed by atoms with Gasteiger partial charge in [0, 0.05) is 10.6 Å². The van der Waals surface area contributed by atoms with E-state index >= 15 is 0 Å². The molecule has 0 fully saturated rings. The quantitative estimate of drug-likeness (QED) is 0.839. The molecular weight excluding hydrogens is 331 g/mol. The van der Waals surface area contributed by atoms with Crippen molar-refractivity contribution in [2.75, 3.05) is 26.0 Å². The lowest BCUT2D eigenvalue weighted by Crippen LogP contribution is -3.08. The first-order valence-electron chi connectivity index (χ1n) is 7.58. The Hall–Kier alpha value is -2.11. The molecule has 2 rings (SSSR count). The lowest BCUT2D eigenvalue weighted by Gasteiger charge is -2.16. The van der Waals surface area contributed by atoms with Crippen molar-refractivity contribution in [2.24, 2.45) is 0 Å². The molecule has 0 aliphatic carbocycles. The lowest BCUT2D eigenvalue weighted by molar-refractivity contribution is -0.885. The first-order chi connectivity index (χ1) is 11.4. The molecule has 2 aromatic rings. The van der Waals surface area contributed by atoms with E-state index in [1.165, 1.54) is 18.2 Å². The van der Waals surface area contributed by atoms with E-state index in [4.69, 9.17) is 16.3 Å². The second kappa shape index (κ2) is 8.13. The predicted octanol–water partition coefficient (Wildman–Crippen LogP) is 2.45. The second-order valence-electron chi connectivity index (χ2n) is 5.80. The topological polar surface area (TPSA) is 42.8 Å². The zero-order chi connectivity index (χ0) is 17.7. The van der Waals surface area contributed by atoms with Gasteiger partial charge < -0.3 is 15.0 Å². The van der Waals surface area contributed by atoms with E-state index in [9.17, 15) is 9.18 Å². The number of methoxy groups -OCH3 is 1. The van der Waals surface area contributed by atoms with Gasteiger partial charge in [0.1, 0.15) is 18.1 Å². The fourth-order valence-electron chi connectivity index (χ4n) is 2.49. The van der Waals surface area contributed by atoms with Gasteiger partial charge >= 0.3 is 0 Å². The van der Waals surface area contributed by atoms with E-state index in [2.05, 4.69) is 5.32 Å². The number of amides is 1. The summed E-state index contributed by atoms with van der Waals surface area (Å²) in [5, 5.41) is 2.93. The minimum absolute atomic E-state index is 0.0911. The summed E-state index contributed by atoms with van der Waals surface area (Å²) in [5.74, 6) is 0.00675. The number of hydrogen-bond donors (Lipinski definition) is 2. The molecule has 0 aliphatic heterocycles. The Morgan fingerprint density at radius 2 is 2.04 bits per heavy atom. The zero-order valence-electron chi connectivity index (χ0n) is 14.0. The minimum atomic E-state index is -0.509. The number of halogens is 2. The van der Waals surface area contributed by atoms with Crippen molar-refractivity contribution in [3.05, 3.63) is 58.4 Å². The van der Waals surface area contributed by atoms with Crippen LogP contribution >= 0.6 is 11.6 Å². The van der Waals surface area contributed by atoms with Crippen LogP contribution in [0.1, 0.15) is 11.1 Å². The number of nitrogens with one attached hydrogen (secondary N) is 2. The fourth-order valence-corrected chi connectivity index (χ4v) is 2.67. The molecule has 0 saturated heterocycles. The molecule has 0 bridgehead atoms. The van der Waals surface area contributed by atoms with Crippen LogP contribution in [0.3, 0.4) is 0 Å². The van der Waals surface area contributed by atoms with Gasteiger partial charge in [-0.1, -0.05) is 23.2 Å². The summed E-state index contributed by atoms with van der Waals surface area (Å²) in [5.41, 5.74) is 2.24. The van der Waals surface area contributed by atoms with E-state index in [0.717, 1.165) is 21.8 Å². The van der Waals surface area contributed by atoms with Crippen LogP contribution in [0.15, 0.2) is 36.4 Å². The fraction of sp³-hybridized carbons (Fsp3) is 0.278. The van der Waals surface area contributed by atoms with Crippen molar-refractivity contribution in [3.8, 4) is 5.75 Å². The maximum absolute atomic E-state index is 13.7. The average Bonchev–Trinajstić information content (AvgIpc) is 2.51. The van der Waals surface area contributed by atoms with Gasteiger partial charge in [-0.15, -0.1) is 0 Å². The van der Waals surface area contributed by atoms with Gasteiger partial charge in [-0.05, 0) is 37.3 Å². The number of carbonyl (C=O) groups is 1. The SMILES string of the molecule is COc1ccc(C)cc1C[NH+](C)CC(=O)Nc1cc(Cl)ccc1F. The monoisotopic (exact) mass is 351 g/mol. The number of benzene rings is 2. The van der Waals surface area contributed by atoms with Crippen LogP contribution in [0.2, 0.25) is 5.02 Å². The molecule has 1 unspecified atom stereocenters. The Bertz CT molecular complexity index is 737. The van der Waals surface area contributed by atoms with E-state index < -0.39 is 5.82 Å². The van der Waals surface area contributed by atoms with Gasteiger partial charge in [-0.25, -0.2) is 4.39 Å². The third-order valence-corrected chi connectivity index (χ3v) is 3.83. The maximum atomic E-state index is 13.7. The van der Waals surface area contributed by atoms with Crippen LogP contribution in [0, 0.1) is 12.7 Å². The first-order valence-corrected chi connectivity index (χ1v) is 7.96. The zero-order valence-corrected chi connectivity index (χ0v) is 14.7. The molecule has 4 nitrogen and oxygen atoms in total. The predicted molar refractivity (Wildman–Crippen MR) is 93.2 cm³/mol. The molecule has 128 valence electrons. The highest BCUT2D eigenvalue weighted by Crippen LogP contribution is 2.20. The van der Waals surface area contributed by atoms with Crippen LogP contribution in [0.5, 0.6) is 5.75 Å². The summed E-state index contributed by atoms with van der Waals surface area (Å²) < 4.78 is 19.0. The van der Waals surface area contributed by atoms with Crippen LogP contribution in [-0.4, -0.2) is 26.6 Å². The van der Waals surface area contributed by atoms with Gasteiger partial charge in [-0.3, -0.25) is 4.79 Å². The Morgan fingerprint density at radius 3 is 2.75 bits per heavy atom. The first kappa shape index (κ1) is 18.2. The standard InChI is InChI=1S/C18H20ClFN2O2/c1-12-4-7-17(24-3)13(8-12)10-22(2)11-18(23)21-16-9-14(19)5-6-15(16)20/h4-9H,10-11H2,1-3H3,(H,21,23)/p+1. The highest BCUT2D eigenvalue weighted by atomic mass is 35.5. The molecule has 0 heterocycles. The molecule has 2 aromatic carbocycles. The van der Waals surface area contributed by atoms with Crippen LogP contribution in [-0.2, 0) is 11.3 Å². The van der Waals surface area contributed by atoms with Crippen LogP contribution < -0.4 is 15.0 Å². The molecule has 1 amide bonds. The van der Waals surface area contributed by atoms with Crippen molar-refractivity contribution in [1.82, 2.24) is 0 Å². The Labute approximate surface area is 146 Å². The number of anilines is 1. The van der Waals surface area contributed by atoms with Crippen molar-refractivity contribution in [1.29, 1.82) is 0 Å². The smallest absolute Gasteiger partial charge is 0.279 e. The van der Waals surface area contributed by atoms with Gasteiger partial charge in [0.25, 0.3) is 5.91 Å². The van der Waals surface area contributed by atoms with Gasteiger partial charge in [0.05, 0.1) is 19.8 Å². The summed E-state index contributed by atoms with van der Waals surface area (Å²) in [7, 11) is 3.52. The number of rotatable bonds is 6. The van der Waals surface area contributed by atoms with Crippen molar-refractivity contribution >= 4 is 23.2 Å². The van der Waals surface area contributed by atoms with Crippen LogP contribution in [0.25, 0.3) is 0 Å². The molecule has 2 N–H and O–H groups in total. The number of likely N-dealkylation sites (N-methyl/N-ethyl adjacent to an activating group) is 1. The van der Waals surface area contributed by atoms with Gasteiger partial charge in [0.15, 0.2) is 6.54 Å². The molecule has 6 heteroatoms. The Kier molecular flexibility index (Phi) is 6.17. The average molecular weight is 352 g/mol. The molecule has 0 aliphatic rings. The summed E-state index contributed by atoms with van der Waals surface area (Å²) in [6.07, 6.45) is 0. The number of hydrogen-bond acceptors (Lipinski definition) is 2. The summed E-state index contributed by atoms with van der Waals surface area (Å²) >= 11 is 5.82. The third-order valence-electron chi connectivity index (χ3n) is 3.59. The van der Waals surface area contributed by atoms with E-state index in [0.29, 0.717) is 11.6 Å². The lowest BCUT2D eigenvalue weighted by atomic mass is 10.1. The van der Waals surface area contributed by atoms with E-state index in [-0.39, 0.29) is 18.1 Å². The summed E-state index contributed by atoms with van der Waals surface area (Å²) in [6.45, 7) is 2.83. The number of quaternary nitrogens is 1. The summed E-state index contributed by atoms with van der Waals surface area (Å²) in [6, 6.07) is 10.00. The van der Waals surface area contributed by atoms with Crippen molar-refractivity contribution < 1.29 is 18.8 Å². The largest absolute Gasteiger partial charge is 0.496 e. The molecule has 0 spiro atoms. The van der Waals surface area contributed by atoms with Gasteiger partial charge in [-0.2, -0.15) is 0 Å². The Morgan fingerprint density at radius 1 is 1.29 bits per heavy atom. The van der Waals surface area contributed by atoms with E-state index in [1.54, 1.807) is 7.11 Å². The third kappa shape index (κ3) is 4.94. The number of aryl methyl sites for hydroxylation is 1. The Balaban J connectivity index is 1.99. The highest BCUT2D eigenvalue weighted by Gasteiger charge is 2.15. The summed E-state index contributed by atoms with van der Waals surface area (Å²) in [4.78, 5) is 13.1. The highest BCUT2D eigenvalue weighted by molar-refractivity contribution is 6.30. The van der Waals surface area contributed by atoms with Gasteiger partial charge in [0.2, 0.25) is 0 Å². The number of carbonyl (C=O) groups excluding carboxylic acids is 1. The van der Waals surface area contributed by atoms with Crippen molar-refractivity contribution in [2.45, 2.75) is 13.5 Å². The molecule has 1 atom stereocenters. The second-order valence-corrected chi connectivity index (χ2v) is 6.23. The number of ether oxygens (including phenoxy) is 1. The van der Waals surface area contributed by atoms with E-state index in [1.807, 2.05) is 32.2 Å².